The molecule has 1 aliphatic carbocycles. The third-order valence-electron chi connectivity index (χ3n) is 4.75. The molecule has 1 saturated heterocycles. The third kappa shape index (κ3) is 3.91. The molecular formula is C18H27NO2. The fourth-order valence-corrected chi connectivity index (χ4v) is 3.56. The van der Waals surface area contributed by atoms with Gasteiger partial charge in [-0.25, -0.2) is 0 Å². The number of hydrogen-bond donors (Lipinski definition) is 1. The fraction of sp³-hybridized carbons (Fsp3) is 0.667. The molecule has 21 heavy (non-hydrogen) atoms. The Morgan fingerprint density at radius 2 is 1.95 bits per heavy atom. The first-order chi connectivity index (χ1) is 10.3. The lowest BCUT2D eigenvalue weighted by Gasteiger charge is -2.23. The van der Waals surface area contributed by atoms with E-state index in [1.54, 1.807) is 7.11 Å². The number of hydrogen-bond acceptors (Lipinski definition) is 3. The quantitative estimate of drug-likeness (QED) is 0.899. The lowest BCUT2D eigenvalue weighted by atomic mass is 9.92. The van der Waals surface area contributed by atoms with E-state index in [0.29, 0.717) is 6.10 Å². The van der Waals surface area contributed by atoms with Crippen LogP contribution in [0.15, 0.2) is 18.2 Å². The molecule has 3 nitrogen and oxygen atoms in total. The normalized spacial score (nSPS) is 23.2. The molecule has 2 aliphatic rings. The van der Waals surface area contributed by atoms with E-state index < -0.39 is 0 Å². The topological polar surface area (TPSA) is 30.5 Å². The molecule has 1 atom stereocenters. The van der Waals surface area contributed by atoms with Gasteiger partial charge in [-0.3, -0.25) is 0 Å². The SMILES string of the molecule is COc1ccc(CC2CCCNC2)cc1OC1CCCC1. The van der Waals surface area contributed by atoms with Crippen molar-refractivity contribution in [3.8, 4) is 11.5 Å². The van der Waals surface area contributed by atoms with E-state index in [1.165, 1.54) is 50.6 Å². The van der Waals surface area contributed by atoms with Crippen LogP contribution in [-0.4, -0.2) is 26.3 Å². The van der Waals surface area contributed by atoms with Crippen LogP contribution < -0.4 is 14.8 Å². The molecule has 116 valence electrons. The van der Waals surface area contributed by atoms with Gasteiger partial charge in [-0.15, -0.1) is 0 Å². The van der Waals surface area contributed by atoms with Gasteiger partial charge in [0.15, 0.2) is 11.5 Å². The summed E-state index contributed by atoms with van der Waals surface area (Å²) in [5.41, 5.74) is 1.37. The van der Waals surface area contributed by atoms with Gasteiger partial charge in [-0.1, -0.05) is 6.07 Å². The average molecular weight is 289 g/mol. The highest BCUT2D eigenvalue weighted by molar-refractivity contribution is 5.43. The average Bonchev–Trinajstić information content (AvgIpc) is 3.02. The largest absolute Gasteiger partial charge is 0.493 e. The molecule has 0 spiro atoms. The Morgan fingerprint density at radius 3 is 2.67 bits per heavy atom. The molecule has 1 N–H and O–H groups in total. The zero-order valence-corrected chi connectivity index (χ0v) is 13.1. The minimum absolute atomic E-state index is 0.380. The van der Waals surface area contributed by atoms with Crippen LogP contribution in [0.1, 0.15) is 44.1 Å². The molecule has 1 aromatic rings. The third-order valence-corrected chi connectivity index (χ3v) is 4.75. The summed E-state index contributed by atoms with van der Waals surface area (Å²) in [4.78, 5) is 0. The number of nitrogens with one attached hydrogen (secondary N) is 1. The van der Waals surface area contributed by atoms with E-state index in [0.717, 1.165) is 30.4 Å². The van der Waals surface area contributed by atoms with Crippen LogP contribution in [0.25, 0.3) is 0 Å². The van der Waals surface area contributed by atoms with Crippen molar-refractivity contribution in [2.45, 2.75) is 51.0 Å². The first-order valence-electron chi connectivity index (χ1n) is 8.39. The molecule has 1 aromatic carbocycles. The lowest BCUT2D eigenvalue weighted by Crippen LogP contribution is -2.30. The molecule has 0 amide bonds. The Labute approximate surface area is 128 Å². The highest BCUT2D eigenvalue weighted by Gasteiger charge is 2.19. The van der Waals surface area contributed by atoms with E-state index in [1.807, 2.05) is 0 Å². The molecule has 3 rings (SSSR count). The zero-order chi connectivity index (χ0) is 14.5. The lowest BCUT2D eigenvalue weighted by molar-refractivity contribution is 0.200. The van der Waals surface area contributed by atoms with Gasteiger partial charge in [0, 0.05) is 0 Å². The molecule has 2 fully saturated rings. The van der Waals surface area contributed by atoms with Gasteiger partial charge in [-0.05, 0) is 81.6 Å². The molecule has 1 saturated carbocycles. The highest BCUT2D eigenvalue weighted by Crippen LogP contribution is 2.33. The van der Waals surface area contributed by atoms with E-state index in [-0.39, 0.29) is 0 Å². The molecule has 0 aromatic heterocycles. The molecule has 3 heteroatoms. The van der Waals surface area contributed by atoms with E-state index in [4.69, 9.17) is 9.47 Å². The summed E-state index contributed by atoms with van der Waals surface area (Å²) in [5.74, 6) is 2.56. The smallest absolute Gasteiger partial charge is 0.161 e. The second-order valence-corrected chi connectivity index (χ2v) is 6.43. The first kappa shape index (κ1) is 14.7. The van der Waals surface area contributed by atoms with Crippen LogP contribution in [0.4, 0.5) is 0 Å². The monoisotopic (exact) mass is 289 g/mol. The Morgan fingerprint density at radius 1 is 1.10 bits per heavy atom. The fourth-order valence-electron chi connectivity index (χ4n) is 3.56. The summed E-state index contributed by atoms with van der Waals surface area (Å²) < 4.78 is 11.6. The summed E-state index contributed by atoms with van der Waals surface area (Å²) >= 11 is 0. The summed E-state index contributed by atoms with van der Waals surface area (Å²) in [6.07, 6.45) is 9.09. The van der Waals surface area contributed by atoms with E-state index in [2.05, 4.69) is 23.5 Å². The minimum atomic E-state index is 0.380. The van der Waals surface area contributed by atoms with Crippen LogP contribution in [0.5, 0.6) is 11.5 Å². The molecule has 0 radical (unpaired) electrons. The van der Waals surface area contributed by atoms with Crippen LogP contribution in [0.2, 0.25) is 0 Å². The molecule has 0 bridgehead atoms. The predicted octanol–water partition coefficient (Wildman–Crippen LogP) is 3.56. The molecule has 1 aliphatic heterocycles. The number of piperidine rings is 1. The van der Waals surface area contributed by atoms with Gasteiger partial charge in [0.05, 0.1) is 13.2 Å². The van der Waals surface area contributed by atoms with Gasteiger partial charge >= 0.3 is 0 Å². The minimum Gasteiger partial charge on any atom is -0.493 e. The first-order valence-corrected chi connectivity index (χ1v) is 8.39. The van der Waals surface area contributed by atoms with Crippen molar-refractivity contribution in [2.75, 3.05) is 20.2 Å². The van der Waals surface area contributed by atoms with Crippen molar-refractivity contribution < 1.29 is 9.47 Å². The summed E-state index contributed by atoms with van der Waals surface area (Å²) in [5, 5.41) is 3.50. The second-order valence-electron chi connectivity index (χ2n) is 6.43. The summed E-state index contributed by atoms with van der Waals surface area (Å²) in [6.45, 7) is 2.32. The summed E-state index contributed by atoms with van der Waals surface area (Å²) in [6, 6.07) is 6.45. The number of methoxy groups -OCH3 is 1. The van der Waals surface area contributed by atoms with Crippen molar-refractivity contribution >= 4 is 0 Å². The highest BCUT2D eigenvalue weighted by atomic mass is 16.5. The van der Waals surface area contributed by atoms with Crippen LogP contribution in [0.3, 0.4) is 0 Å². The van der Waals surface area contributed by atoms with Crippen LogP contribution in [-0.2, 0) is 6.42 Å². The zero-order valence-electron chi connectivity index (χ0n) is 13.1. The number of ether oxygens (including phenoxy) is 2. The maximum Gasteiger partial charge on any atom is 0.161 e. The molecule has 1 heterocycles. The Balaban J connectivity index is 1.69. The Kier molecular flexibility index (Phi) is 5.02. The van der Waals surface area contributed by atoms with Gasteiger partial charge in [-0.2, -0.15) is 0 Å². The predicted molar refractivity (Wildman–Crippen MR) is 85.2 cm³/mol. The van der Waals surface area contributed by atoms with Gasteiger partial charge < -0.3 is 14.8 Å². The van der Waals surface area contributed by atoms with Crippen LogP contribution in [0, 0.1) is 5.92 Å². The maximum atomic E-state index is 6.19. The summed E-state index contributed by atoms with van der Waals surface area (Å²) in [7, 11) is 1.72. The Hall–Kier alpha value is -1.22. The van der Waals surface area contributed by atoms with Crippen molar-refractivity contribution in [3.63, 3.8) is 0 Å². The van der Waals surface area contributed by atoms with Crippen LogP contribution >= 0.6 is 0 Å². The molecule has 1 unspecified atom stereocenters. The second kappa shape index (κ2) is 7.17. The van der Waals surface area contributed by atoms with Crippen molar-refractivity contribution in [3.05, 3.63) is 23.8 Å². The standard InChI is InChI=1S/C18H27NO2/c1-20-17-9-8-14(11-15-5-4-10-19-13-15)12-18(17)21-16-6-2-3-7-16/h8-9,12,15-16,19H,2-7,10-11,13H2,1H3. The van der Waals surface area contributed by atoms with E-state index in [9.17, 15) is 0 Å². The van der Waals surface area contributed by atoms with E-state index >= 15 is 0 Å². The Bertz CT molecular complexity index is 449. The van der Waals surface area contributed by atoms with Crippen molar-refractivity contribution in [1.82, 2.24) is 5.32 Å². The van der Waals surface area contributed by atoms with Gasteiger partial charge in [0.1, 0.15) is 0 Å². The molecular weight excluding hydrogens is 262 g/mol. The maximum absolute atomic E-state index is 6.19. The van der Waals surface area contributed by atoms with Crippen molar-refractivity contribution in [1.29, 1.82) is 0 Å². The van der Waals surface area contributed by atoms with Crippen molar-refractivity contribution in [2.24, 2.45) is 5.92 Å². The number of benzene rings is 1. The van der Waals surface area contributed by atoms with Gasteiger partial charge in [0.25, 0.3) is 0 Å². The number of rotatable bonds is 5. The van der Waals surface area contributed by atoms with Gasteiger partial charge in [0.2, 0.25) is 0 Å².